The first-order chi connectivity index (χ1) is 12.4. The number of nitrogens with zero attached hydrogens (tertiary/aromatic N) is 1. The van der Waals surface area contributed by atoms with Crippen molar-refractivity contribution in [1.82, 2.24) is 4.90 Å². The van der Waals surface area contributed by atoms with Crippen LogP contribution in [-0.2, 0) is 16.1 Å². The average Bonchev–Trinajstić information content (AvgIpc) is 2.98. The second kappa shape index (κ2) is 7.52. The first kappa shape index (κ1) is 17.9. The fourth-order valence-corrected chi connectivity index (χ4v) is 3.15. The molecule has 0 spiro atoms. The van der Waals surface area contributed by atoms with Gasteiger partial charge in [0.05, 0.1) is 11.6 Å². The Labute approximate surface area is 153 Å². The van der Waals surface area contributed by atoms with E-state index in [1.807, 2.05) is 31.2 Å². The number of ketones is 1. The summed E-state index contributed by atoms with van der Waals surface area (Å²) in [6.07, 6.45) is 0.194. The lowest BCUT2D eigenvalue weighted by molar-refractivity contribution is -0.128. The van der Waals surface area contributed by atoms with Crippen LogP contribution in [0.3, 0.4) is 0 Å². The van der Waals surface area contributed by atoms with Gasteiger partial charge in [-0.2, -0.15) is 0 Å². The molecule has 1 aliphatic rings. The van der Waals surface area contributed by atoms with Gasteiger partial charge in [0, 0.05) is 25.1 Å². The third-order valence-electron chi connectivity index (χ3n) is 4.64. The molecule has 3 rings (SSSR count). The third-order valence-corrected chi connectivity index (χ3v) is 4.64. The summed E-state index contributed by atoms with van der Waals surface area (Å²) in [5, 5.41) is 2.81. The van der Waals surface area contributed by atoms with Crippen molar-refractivity contribution in [2.75, 3.05) is 11.9 Å². The quantitative estimate of drug-likeness (QED) is 0.842. The Morgan fingerprint density at radius 2 is 1.81 bits per heavy atom. The SMILES string of the molecule is CC(=O)c1ccccc1NC(=O)C1CC(=O)N(Cc2ccc(C)cc2)C1. The average molecular weight is 350 g/mol. The van der Waals surface area contributed by atoms with E-state index in [-0.39, 0.29) is 24.0 Å². The van der Waals surface area contributed by atoms with Crippen LogP contribution in [-0.4, -0.2) is 29.0 Å². The smallest absolute Gasteiger partial charge is 0.229 e. The molecule has 1 aliphatic heterocycles. The number of hydrogen-bond donors (Lipinski definition) is 1. The largest absolute Gasteiger partial charge is 0.338 e. The van der Waals surface area contributed by atoms with E-state index in [0.29, 0.717) is 24.3 Å². The molecule has 0 radical (unpaired) electrons. The number of rotatable bonds is 5. The number of nitrogens with one attached hydrogen (secondary N) is 1. The normalized spacial score (nSPS) is 16.6. The van der Waals surface area contributed by atoms with E-state index < -0.39 is 5.92 Å². The minimum absolute atomic E-state index is 0.0226. The van der Waals surface area contributed by atoms with Crippen molar-refractivity contribution in [2.45, 2.75) is 26.8 Å². The molecule has 1 heterocycles. The number of hydrogen-bond acceptors (Lipinski definition) is 3. The Bertz CT molecular complexity index is 843. The summed E-state index contributed by atoms with van der Waals surface area (Å²) in [7, 11) is 0. The highest BCUT2D eigenvalue weighted by Crippen LogP contribution is 2.23. The van der Waals surface area contributed by atoms with E-state index in [1.54, 1.807) is 29.2 Å². The zero-order valence-electron chi connectivity index (χ0n) is 15.0. The minimum atomic E-state index is -0.409. The van der Waals surface area contributed by atoms with Gasteiger partial charge in [0.25, 0.3) is 0 Å². The first-order valence-corrected chi connectivity index (χ1v) is 8.68. The molecule has 1 unspecified atom stereocenters. The lowest BCUT2D eigenvalue weighted by Gasteiger charge is -2.17. The molecule has 0 bridgehead atoms. The van der Waals surface area contributed by atoms with E-state index >= 15 is 0 Å². The number of anilines is 1. The predicted molar refractivity (Wildman–Crippen MR) is 99.8 cm³/mol. The molecule has 5 nitrogen and oxygen atoms in total. The van der Waals surface area contributed by atoms with Crippen LogP contribution in [0.25, 0.3) is 0 Å². The zero-order chi connectivity index (χ0) is 18.7. The highest BCUT2D eigenvalue weighted by Gasteiger charge is 2.34. The summed E-state index contributed by atoms with van der Waals surface area (Å²) < 4.78 is 0. The molecule has 0 aliphatic carbocycles. The molecule has 1 saturated heterocycles. The van der Waals surface area contributed by atoms with Crippen molar-refractivity contribution in [3.8, 4) is 0 Å². The van der Waals surface area contributed by atoms with Crippen LogP contribution in [0.4, 0.5) is 5.69 Å². The lowest BCUT2D eigenvalue weighted by Crippen LogP contribution is -2.28. The Kier molecular flexibility index (Phi) is 5.16. The molecule has 5 heteroatoms. The van der Waals surface area contributed by atoms with E-state index in [1.165, 1.54) is 12.5 Å². The Balaban J connectivity index is 1.65. The fourth-order valence-electron chi connectivity index (χ4n) is 3.15. The Morgan fingerprint density at radius 3 is 2.50 bits per heavy atom. The predicted octanol–water partition coefficient (Wildman–Crippen LogP) is 3.18. The van der Waals surface area contributed by atoms with E-state index in [2.05, 4.69) is 5.32 Å². The molecule has 2 aromatic rings. The van der Waals surface area contributed by atoms with Crippen molar-refractivity contribution >= 4 is 23.3 Å². The number of likely N-dealkylation sites (tertiary alicyclic amines) is 1. The van der Waals surface area contributed by atoms with Crippen molar-refractivity contribution < 1.29 is 14.4 Å². The van der Waals surface area contributed by atoms with Crippen LogP contribution in [0, 0.1) is 12.8 Å². The fraction of sp³-hybridized carbons (Fsp3) is 0.286. The molecule has 1 fully saturated rings. The van der Waals surface area contributed by atoms with Crippen LogP contribution in [0.1, 0.15) is 34.8 Å². The molecule has 0 saturated carbocycles. The summed E-state index contributed by atoms with van der Waals surface area (Å²) in [5.74, 6) is -0.763. The summed E-state index contributed by atoms with van der Waals surface area (Å²) in [6, 6.07) is 14.9. The number of aryl methyl sites for hydroxylation is 1. The molecule has 2 aromatic carbocycles. The van der Waals surface area contributed by atoms with Gasteiger partial charge in [-0.3, -0.25) is 14.4 Å². The van der Waals surface area contributed by atoms with E-state index in [4.69, 9.17) is 0 Å². The maximum Gasteiger partial charge on any atom is 0.229 e. The summed E-state index contributed by atoms with van der Waals surface area (Å²) in [4.78, 5) is 38.3. The molecule has 1 atom stereocenters. The third kappa shape index (κ3) is 3.99. The number of para-hydroxylation sites is 1. The van der Waals surface area contributed by atoms with Gasteiger partial charge in [0.1, 0.15) is 0 Å². The van der Waals surface area contributed by atoms with Crippen molar-refractivity contribution in [3.05, 3.63) is 65.2 Å². The van der Waals surface area contributed by atoms with Crippen molar-refractivity contribution in [1.29, 1.82) is 0 Å². The molecule has 134 valence electrons. The molecule has 2 amide bonds. The van der Waals surface area contributed by atoms with Gasteiger partial charge in [-0.05, 0) is 31.5 Å². The maximum absolute atomic E-state index is 12.6. The van der Waals surface area contributed by atoms with Gasteiger partial charge < -0.3 is 10.2 Å². The van der Waals surface area contributed by atoms with Gasteiger partial charge in [-0.25, -0.2) is 0 Å². The van der Waals surface area contributed by atoms with Crippen LogP contribution >= 0.6 is 0 Å². The second-order valence-corrected chi connectivity index (χ2v) is 6.75. The molecule has 1 N–H and O–H groups in total. The summed E-state index contributed by atoms with van der Waals surface area (Å²) in [5.41, 5.74) is 3.19. The highest BCUT2D eigenvalue weighted by atomic mass is 16.2. The number of benzene rings is 2. The van der Waals surface area contributed by atoms with E-state index in [0.717, 1.165) is 5.56 Å². The molecule has 26 heavy (non-hydrogen) atoms. The van der Waals surface area contributed by atoms with Gasteiger partial charge in [0.15, 0.2) is 5.78 Å². The first-order valence-electron chi connectivity index (χ1n) is 8.68. The van der Waals surface area contributed by atoms with Gasteiger partial charge in [-0.15, -0.1) is 0 Å². The summed E-state index contributed by atoms with van der Waals surface area (Å²) >= 11 is 0. The van der Waals surface area contributed by atoms with Gasteiger partial charge >= 0.3 is 0 Å². The number of carbonyl (C=O) groups excluding carboxylic acids is 3. The molecular formula is C21H22N2O3. The maximum atomic E-state index is 12.6. The molecular weight excluding hydrogens is 328 g/mol. The van der Waals surface area contributed by atoms with Gasteiger partial charge in [0.2, 0.25) is 11.8 Å². The number of amides is 2. The second-order valence-electron chi connectivity index (χ2n) is 6.75. The Morgan fingerprint density at radius 1 is 1.12 bits per heavy atom. The van der Waals surface area contributed by atoms with Crippen LogP contribution in [0.15, 0.2) is 48.5 Å². The molecule has 0 aromatic heterocycles. The Hall–Kier alpha value is -2.95. The zero-order valence-corrected chi connectivity index (χ0v) is 15.0. The standard InChI is InChI=1S/C21H22N2O3/c1-14-7-9-16(10-8-14)12-23-13-17(11-20(23)25)21(26)22-19-6-4-3-5-18(19)15(2)24/h3-10,17H,11-13H2,1-2H3,(H,22,26). The van der Waals surface area contributed by atoms with Crippen LogP contribution in [0.5, 0.6) is 0 Å². The van der Waals surface area contributed by atoms with Crippen LogP contribution in [0.2, 0.25) is 0 Å². The van der Waals surface area contributed by atoms with Crippen LogP contribution < -0.4 is 5.32 Å². The number of carbonyl (C=O) groups is 3. The van der Waals surface area contributed by atoms with Gasteiger partial charge in [-0.1, -0.05) is 42.0 Å². The monoisotopic (exact) mass is 350 g/mol. The topological polar surface area (TPSA) is 66.5 Å². The lowest BCUT2D eigenvalue weighted by atomic mass is 10.1. The van der Waals surface area contributed by atoms with Crippen molar-refractivity contribution in [2.24, 2.45) is 5.92 Å². The van der Waals surface area contributed by atoms with Crippen molar-refractivity contribution in [3.63, 3.8) is 0 Å². The van der Waals surface area contributed by atoms with E-state index in [9.17, 15) is 14.4 Å². The highest BCUT2D eigenvalue weighted by molar-refractivity contribution is 6.05. The summed E-state index contributed by atoms with van der Waals surface area (Å²) in [6.45, 7) is 4.38. The minimum Gasteiger partial charge on any atom is -0.338 e. The number of Topliss-reactive ketones (excluding diaryl/α,β-unsaturated/α-hetero) is 1.